The van der Waals surface area contributed by atoms with Crippen molar-refractivity contribution in [3.63, 3.8) is 0 Å². The third kappa shape index (κ3) is 1.55. The van der Waals surface area contributed by atoms with Crippen molar-refractivity contribution in [1.82, 2.24) is 0 Å². The molecule has 0 amide bonds. The molecule has 92 valence electrons. The first-order valence-electron chi connectivity index (χ1n) is 6.81. The van der Waals surface area contributed by atoms with Crippen molar-refractivity contribution in [2.45, 2.75) is 65.9 Å². The quantitative estimate of drug-likeness (QED) is 0.718. The summed E-state index contributed by atoms with van der Waals surface area (Å²) in [5, 5.41) is 9.95. The number of rotatable bonds is 3. The van der Waals surface area contributed by atoms with Crippen LogP contribution in [0.25, 0.3) is 0 Å². The van der Waals surface area contributed by atoms with Crippen LogP contribution in [0.15, 0.2) is 11.6 Å². The van der Waals surface area contributed by atoms with Crippen LogP contribution in [-0.2, 0) is 0 Å². The average Bonchev–Trinajstić information content (AvgIpc) is 2.51. The van der Waals surface area contributed by atoms with E-state index in [4.69, 9.17) is 0 Å². The zero-order valence-electron chi connectivity index (χ0n) is 11.2. The lowest BCUT2D eigenvalue weighted by Gasteiger charge is -2.36. The zero-order valence-corrected chi connectivity index (χ0v) is 11.2. The maximum Gasteiger partial charge on any atom is 0.0723 e. The molecule has 0 unspecified atom stereocenters. The van der Waals surface area contributed by atoms with E-state index in [1.54, 1.807) is 0 Å². The molecule has 0 heterocycles. The fourth-order valence-corrected chi connectivity index (χ4v) is 3.88. The van der Waals surface area contributed by atoms with E-state index in [1.165, 1.54) is 24.8 Å². The van der Waals surface area contributed by atoms with Crippen LogP contribution >= 0.6 is 0 Å². The summed E-state index contributed by atoms with van der Waals surface area (Å²) in [7, 11) is 0. The van der Waals surface area contributed by atoms with Crippen LogP contribution in [0.5, 0.6) is 0 Å². The van der Waals surface area contributed by atoms with Gasteiger partial charge in [0.2, 0.25) is 0 Å². The van der Waals surface area contributed by atoms with Crippen LogP contribution < -0.4 is 0 Å². The van der Waals surface area contributed by atoms with Gasteiger partial charge in [-0.3, -0.25) is 0 Å². The van der Waals surface area contributed by atoms with Crippen molar-refractivity contribution >= 4 is 0 Å². The Kier molecular flexibility index (Phi) is 2.94. The van der Waals surface area contributed by atoms with Crippen molar-refractivity contribution in [3.8, 4) is 0 Å². The summed E-state index contributed by atoms with van der Waals surface area (Å²) in [5.41, 5.74) is 2.33. The third-order valence-electron chi connectivity index (χ3n) is 5.59. The van der Waals surface area contributed by atoms with E-state index >= 15 is 0 Å². The topological polar surface area (TPSA) is 20.2 Å². The summed E-state index contributed by atoms with van der Waals surface area (Å²) in [4.78, 5) is 0. The molecule has 1 heteroatoms. The normalized spacial score (nSPS) is 40.6. The van der Waals surface area contributed by atoms with Crippen LogP contribution in [0.1, 0.15) is 59.8 Å². The predicted octanol–water partition coefficient (Wildman–Crippen LogP) is 3.92. The SMILES string of the molecule is CCC[C@@H](O)/C=C1\C[C@@H]2CC[C@]1(C)C2(C)C. The molecule has 0 aromatic rings. The summed E-state index contributed by atoms with van der Waals surface area (Å²) in [6, 6.07) is 0. The third-order valence-corrected chi connectivity index (χ3v) is 5.59. The summed E-state index contributed by atoms with van der Waals surface area (Å²) in [6.45, 7) is 9.37. The van der Waals surface area contributed by atoms with E-state index in [9.17, 15) is 5.11 Å². The molecule has 2 aliphatic carbocycles. The second-order valence-electron chi connectivity index (χ2n) is 6.54. The molecular formula is C15H26O. The number of hydrogen-bond donors (Lipinski definition) is 1. The van der Waals surface area contributed by atoms with Gasteiger partial charge >= 0.3 is 0 Å². The number of fused-ring (bicyclic) bond motifs is 2. The van der Waals surface area contributed by atoms with Gasteiger partial charge in [-0.15, -0.1) is 0 Å². The molecule has 1 N–H and O–H groups in total. The molecule has 0 spiro atoms. The molecule has 1 nitrogen and oxygen atoms in total. The molecule has 3 atom stereocenters. The van der Waals surface area contributed by atoms with Crippen LogP contribution in [0.3, 0.4) is 0 Å². The second kappa shape index (κ2) is 3.87. The van der Waals surface area contributed by atoms with Crippen LogP contribution in [0.2, 0.25) is 0 Å². The Balaban J connectivity index is 2.21. The van der Waals surface area contributed by atoms with Gasteiger partial charge in [0.05, 0.1) is 6.10 Å². The highest BCUT2D eigenvalue weighted by atomic mass is 16.3. The molecule has 0 radical (unpaired) electrons. The number of allylic oxidation sites excluding steroid dienone is 1. The Bertz CT molecular complexity index is 303. The monoisotopic (exact) mass is 222 g/mol. The number of aliphatic hydroxyl groups excluding tert-OH is 1. The zero-order chi connectivity index (χ0) is 12.0. The first kappa shape index (κ1) is 12.2. The molecule has 0 aromatic heterocycles. The van der Waals surface area contributed by atoms with Crippen molar-refractivity contribution in [1.29, 1.82) is 0 Å². The van der Waals surface area contributed by atoms with E-state index in [1.807, 2.05) is 0 Å². The Hall–Kier alpha value is -0.300. The fraction of sp³-hybridized carbons (Fsp3) is 0.867. The molecule has 2 bridgehead atoms. The predicted molar refractivity (Wildman–Crippen MR) is 68.2 cm³/mol. The molecule has 16 heavy (non-hydrogen) atoms. The molecule has 0 aromatic carbocycles. The van der Waals surface area contributed by atoms with Gasteiger partial charge in [-0.2, -0.15) is 0 Å². The van der Waals surface area contributed by atoms with Crippen molar-refractivity contribution in [2.75, 3.05) is 0 Å². The molecule has 2 fully saturated rings. The standard InChI is InChI=1S/C15H26O/c1-5-6-13(16)10-12-9-11-7-8-15(12,4)14(11,2)3/h10-11,13,16H,5-9H2,1-4H3/b12-10+/t11-,13+,15-/m0/s1. The van der Waals surface area contributed by atoms with Gasteiger partial charge in [-0.05, 0) is 42.4 Å². The summed E-state index contributed by atoms with van der Waals surface area (Å²) < 4.78 is 0. The first-order chi connectivity index (χ1) is 7.41. The van der Waals surface area contributed by atoms with Gasteiger partial charge in [0.1, 0.15) is 0 Å². The molecule has 0 saturated heterocycles. The fourth-order valence-electron chi connectivity index (χ4n) is 3.88. The van der Waals surface area contributed by atoms with Gasteiger partial charge in [0.15, 0.2) is 0 Å². The van der Waals surface area contributed by atoms with Crippen LogP contribution in [0.4, 0.5) is 0 Å². The van der Waals surface area contributed by atoms with Gasteiger partial charge in [0.25, 0.3) is 0 Å². The van der Waals surface area contributed by atoms with E-state index in [0.717, 1.165) is 18.8 Å². The van der Waals surface area contributed by atoms with Crippen LogP contribution in [0, 0.1) is 16.7 Å². The van der Waals surface area contributed by atoms with E-state index in [-0.39, 0.29) is 6.10 Å². The molecule has 2 saturated carbocycles. The first-order valence-corrected chi connectivity index (χ1v) is 6.81. The molecule has 0 aliphatic heterocycles. The lowest BCUT2D eigenvalue weighted by molar-refractivity contribution is 0.174. The smallest absolute Gasteiger partial charge is 0.0723 e. The molecule has 2 rings (SSSR count). The molecule has 2 aliphatic rings. The summed E-state index contributed by atoms with van der Waals surface area (Å²) in [6.07, 6.45) is 7.85. The van der Waals surface area contributed by atoms with Crippen LogP contribution in [-0.4, -0.2) is 11.2 Å². The largest absolute Gasteiger partial charge is 0.389 e. The van der Waals surface area contributed by atoms with Gasteiger partial charge in [-0.25, -0.2) is 0 Å². The summed E-state index contributed by atoms with van der Waals surface area (Å²) in [5.74, 6) is 0.845. The van der Waals surface area contributed by atoms with Crippen molar-refractivity contribution in [2.24, 2.45) is 16.7 Å². The highest BCUT2D eigenvalue weighted by Crippen LogP contribution is 2.67. The minimum absolute atomic E-state index is 0.216. The Labute approximate surface area is 99.9 Å². The second-order valence-corrected chi connectivity index (χ2v) is 6.54. The van der Waals surface area contributed by atoms with Crippen molar-refractivity contribution in [3.05, 3.63) is 11.6 Å². The number of hydrogen-bond acceptors (Lipinski definition) is 1. The Morgan fingerprint density at radius 3 is 2.56 bits per heavy atom. The highest BCUT2D eigenvalue weighted by Gasteiger charge is 2.58. The minimum Gasteiger partial charge on any atom is -0.389 e. The highest BCUT2D eigenvalue weighted by molar-refractivity contribution is 5.29. The van der Waals surface area contributed by atoms with E-state index < -0.39 is 0 Å². The van der Waals surface area contributed by atoms with Gasteiger partial charge in [-0.1, -0.05) is 45.8 Å². The van der Waals surface area contributed by atoms with Gasteiger partial charge < -0.3 is 5.11 Å². The minimum atomic E-state index is -0.216. The maximum absolute atomic E-state index is 9.95. The average molecular weight is 222 g/mol. The Morgan fingerprint density at radius 1 is 1.44 bits per heavy atom. The summed E-state index contributed by atoms with van der Waals surface area (Å²) >= 11 is 0. The lowest BCUT2D eigenvalue weighted by Crippen LogP contribution is -2.28. The molecular weight excluding hydrogens is 196 g/mol. The van der Waals surface area contributed by atoms with Crippen molar-refractivity contribution < 1.29 is 5.11 Å². The van der Waals surface area contributed by atoms with E-state index in [2.05, 4.69) is 33.8 Å². The van der Waals surface area contributed by atoms with E-state index in [0.29, 0.717) is 10.8 Å². The maximum atomic E-state index is 9.95. The van der Waals surface area contributed by atoms with Gasteiger partial charge in [0, 0.05) is 0 Å². The lowest BCUT2D eigenvalue weighted by atomic mass is 9.69. The number of aliphatic hydroxyl groups is 1. The Morgan fingerprint density at radius 2 is 2.12 bits per heavy atom.